The first-order chi connectivity index (χ1) is 15.8. The van der Waals surface area contributed by atoms with Crippen molar-refractivity contribution >= 4 is 38.3 Å². The van der Waals surface area contributed by atoms with Crippen molar-refractivity contribution in [2.75, 3.05) is 11.9 Å². The number of hydrogen-bond acceptors (Lipinski definition) is 4. The molecule has 0 atom stereocenters. The smallest absolute Gasteiger partial charge is 0.264 e. The lowest BCUT2D eigenvalue weighted by molar-refractivity contribution is -0.118. The Hall–Kier alpha value is -2.96. The average Bonchev–Trinajstić information content (AvgIpc) is 3.18. The van der Waals surface area contributed by atoms with Gasteiger partial charge in [-0.3, -0.25) is 10.1 Å². The van der Waals surface area contributed by atoms with Crippen molar-refractivity contribution in [1.29, 1.82) is 0 Å². The van der Waals surface area contributed by atoms with E-state index < -0.39 is 0 Å². The van der Waals surface area contributed by atoms with Gasteiger partial charge in [0, 0.05) is 20.3 Å². The zero-order valence-corrected chi connectivity index (χ0v) is 21.2. The fourth-order valence-corrected chi connectivity index (χ4v) is 4.74. The SMILES string of the molecule is Cc1sc(NC(=O)COc2ccc(C(C)(C)c3ccccc3)cc2)nc1-c1ccc(Br)cc1. The van der Waals surface area contributed by atoms with Gasteiger partial charge >= 0.3 is 0 Å². The Labute approximate surface area is 206 Å². The number of thiazole rings is 1. The second-order valence-corrected chi connectivity index (χ2v) is 10.4. The molecule has 1 N–H and O–H groups in total. The van der Waals surface area contributed by atoms with Gasteiger partial charge in [-0.2, -0.15) is 0 Å². The third-order valence-corrected chi connectivity index (χ3v) is 7.02. The number of ether oxygens (including phenoxy) is 1. The molecule has 0 unspecified atom stereocenters. The molecule has 1 aromatic heterocycles. The molecule has 33 heavy (non-hydrogen) atoms. The van der Waals surface area contributed by atoms with Crippen LogP contribution in [0.25, 0.3) is 11.3 Å². The predicted octanol–water partition coefficient (Wildman–Crippen LogP) is 7.22. The summed E-state index contributed by atoms with van der Waals surface area (Å²) in [6.07, 6.45) is 0. The number of aryl methyl sites for hydroxylation is 1. The number of carbonyl (C=O) groups is 1. The van der Waals surface area contributed by atoms with E-state index in [0.29, 0.717) is 10.9 Å². The van der Waals surface area contributed by atoms with Crippen LogP contribution in [0.4, 0.5) is 5.13 Å². The first-order valence-corrected chi connectivity index (χ1v) is 12.3. The van der Waals surface area contributed by atoms with Gasteiger partial charge in [0.1, 0.15) is 5.75 Å². The normalized spacial score (nSPS) is 11.3. The number of rotatable bonds is 7. The highest BCUT2D eigenvalue weighted by molar-refractivity contribution is 9.10. The van der Waals surface area contributed by atoms with Crippen molar-refractivity contribution in [2.45, 2.75) is 26.2 Å². The molecule has 0 aliphatic carbocycles. The molecule has 0 fully saturated rings. The molecule has 6 heteroatoms. The Morgan fingerprint density at radius 1 is 0.970 bits per heavy atom. The standard InChI is InChI=1S/C27H25BrN2O2S/c1-18-25(19-9-13-22(28)14-10-19)30-26(33-18)29-24(31)17-32-23-15-11-21(12-16-23)27(2,3)20-7-5-4-6-8-20/h4-16H,17H2,1-3H3,(H,29,30,31). The number of aromatic nitrogens is 1. The fourth-order valence-electron chi connectivity index (χ4n) is 3.62. The van der Waals surface area contributed by atoms with Gasteiger partial charge in [0.15, 0.2) is 11.7 Å². The van der Waals surface area contributed by atoms with Gasteiger partial charge in [-0.15, -0.1) is 11.3 Å². The quantitative estimate of drug-likeness (QED) is 0.279. The lowest BCUT2D eigenvalue weighted by atomic mass is 9.78. The second kappa shape index (κ2) is 9.89. The molecule has 0 spiro atoms. The van der Waals surface area contributed by atoms with Crippen LogP contribution < -0.4 is 10.1 Å². The van der Waals surface area contributed by atoms with E-state index >= 15 is 0 Å². The number of halogens is 1. The van der Waals surface area contributed by atoms with E-state index in [1.54, 1.807) is 0 Å². The van der Waals surface area contributed by atoms with Crippen LogP contribution in [0.3, 0.4) is 0 Å². The van der Waals surface area contributed by atoms with Gasteiger partial charge in [0.05, 0.1) is 5.69 Å². The molecule has 0 saturated carbocycles. The minimum Gasteiger partial charge on any atom is -0.484 e. The Bertz CT molecular complexity index is 1230. The molecule has 0 aliphatic rings. The van der Waals surface area contributed by atoms with Crippen molar-refractivity contribution in [3.8, 4) is 17.0 Å². The molecular weight excluding hydrogens is 496 g/mol. The van der Waals surface area contributed by atoms with Crippen molar-refractivity contribution in [3.05, 3.63) is 99.3 Å². The third kappa shape index (κ3) is 5.52. The number of benzene rings is 3. The van der Waals surface area contributed by atoms with Gasteiger partial charge in [-0.25, -0.2) is 4.98 Å². The van der Waals surface area contributed by atoms with Crippen LogP contribution in [0, 0.1) is 6.92 Å². The van der Waals surface area contributed by atoms with E-state index in [4.69, 9.17) is 4.74 Å². The molecule has 4 nitrogen and oxygen atoms in total. The first-order valence-electron chi connectivity index (χ1n) is 10.6. The summed E-state index contributed by atoms with van der Waals surface area (Å²) >= 11 is 4.90. The fraction of sp³-hybridized carbons (Fsp3) is 0.185. The maximum atomic E-state index is 12.4. The largest absolute Gasteiger partial charge is 0.484 e. The van der Waals surface area contributed by atoms with Crippen molar-refractivity contribution < 1.29 is 9.53 Å². The highest BCUT2D eigenvalue weighted by atomic mass is 79.9. The number of nitrogens with zero attached hydrogens (tertiary/aromatic N) is 1. The van der Waals surface area contributed by atoms with E-state index in [0.717, 1.165) is 20.6 Å². The molecule has 4 aromatic rings. The summed E-state index contributed by atoms with van der Waals surface area (Å²) in [5.74, 6) is 0.420. The summed E-state index contributed by atoms with van der Waals surface area (Å²) in [5.41, 5.74) is 4.21. The van der Waals surface area contributed by atoms with Gasteiger partial charge in [-0.05, 0) is 42.3 Å². The molecule has 0 aliphatic heterocycles. The van der Waals surface area contributed by atoms with Crippen LogP contribution in [-0.4, -0.2) is 17.5 Å². The van der Waals surface area contributed by atoms with E-state index in [2.05, 4.69) is 76.5 Å². The summed E-state index contributed by atoms with van der Waals surface area (Å²) in [7, 11) is 0. The summed E-state index contributed by atoms with van der Waals surface area (Å²) in [5, 5.41) is 3.41. The number of amides is 1. The van der Waals surface area contributed by atoms with Crippen LogP contribution in [0.5, 0.6) is 5.75 Å². The predicted molar refractivity (Wildman–Crippen MR) is 139 cm³/mol. The summed E-state index contributed by atoms with van der Waals surface area (Å²) in [4.78, 5) is 18.1. The maximum absolute atomic E-state index is 12.4. The molecule has 3 aromatic carbocycles. The Balaban J connectivity index is 1.36. The number of carbonyl (C=O) groups excluding carboxylic acids is 1. The molecule has 1 amide bonds. The minimum atomic E-state index is -0.236. The van der Waals surface area contributed by atoms with Gasteiger partial charge in [0.25, 0.3) is 5.91 Å². The topological polar surface area (TPSA) is 51.2 Å². The van der Waals surface area contributed by atoms with E-state index in [-0.39, 0.29) is 17.9 Å². The van der Waals surface area contributed by atoms with E-state index in [1.165, 1.54) is 22.5 Å². The molecule has 1 heterocycles. The van der Waals surface area contributed by atoms with Gasteiger partial charge in [0.2, 0.25) is 0 Å². The van der Waals surface area contributed by atoms with Crippen molar-refractivity contribution in [2.24, 2.45) is 0 Å². The lowest BCUT2D eigenvalue weighted by Gasteiger charge is -2.26. The lowest BCUT2D eigenvalue weighted by Crippen LogP contribution is -2.20. The minimum absolute atomic E-state index is 0.0757. The third-order valence-electron chi connectivity index (χ3n) is 5.60. The molecular formula is C27H25BrN2O2S. The first kappa shape index (κ1) is 23.2. The Morgan fingerprint density at radius 3 is 2.27 bits per heavy atom. The van der Waals surface area contributed by atoms with Crippen molar-refractivity contribution in [1.82, 2.24) is 4.98 Å². The molecule has 0 bridgehead atoms. The average molecular weight is 521 g/mol. The Morgan fingerprint density at radius 2 is 1.61 bits per heavy atom. The van der Waals surface area contributed by atoms with Crippen LogP contribution in [0.2, 0.25) is 0 Å². The second-order valence-electron chi connectivity index (χ2n) is 8.28. The number of anilines is 1. The van der Waals surface area contributed by atoms with Gasteiger partial charge in [-0.1, -0.05) is 84.4 Å². The molecule has 168 valence electrons. The highest BCUT2D eigenvalue weighted by Crippen LogP contribution is 2.33. The van der Waals surface area contributed by atoms with Crippen molar-refractivity contribution in [3.63, 3.8) is 0 Å². The van der Waals surface area contributed by atoms with Crippen LogP contribution >= 0.6 is 27.3 Å². The zero-order valence-electron chi connectivity index (χ0n) is 18.8. The molecule has 0 radical (unpaired) electrons. The van der Waals surface area contributed by atoms with Crippen LogP contribution in [0.1, 0.15) is 29.9 Å². The zero-order chi connectivity index (χ0) is 23.4. The van der Waals surface area contributed by atoms with Gasteiger partial charge < -0.3 is 4.74 Å². The maximum Gasteiger partial charge on any atom is 0.264 e. The van der Waals surface area contributed by atoms with E-state index in [9.17, 15) is 4.79 Å². The van der Waals surface area contributed by atoms with Crippen LogP contribution in [-0.2, 0) is 10.2 Å². The Kier molecular flexibility index (Phi) is 6.96. The number of nitrogens with one attached hydrogen (secondary N) is 1. The molecule has 0 saturated heterocycles. The summed E-state index contributed by atoms with van der Waals surface area (Å²) in [6, 6.07) is 26.3. The van der Waals surface area contributed by atoms with Crippen LogP contribution in [0.15, 0.2) is 83.3 Å². The number of hydrogen-bond donors (Lipinski definition) is 1. The van der Waals surface area contributed by atoms with E-state index in [1.807, 2.05) is 49.4 Å². The molecule has 4 rings (SSSR count). The monoisotopic (exact) mass is 520 g/mol. The summed E-state index contributed by atoms with van der Waals surface area (Å²) < 4.78 is 6.72. The summed E-state index contributed by atoms with van der Waals surface area (Å²) in [6.45, 7) is 6.32. The highest BCUT2D eigenvalue weighted by Gasteiger charge is 2.22.